The van der Waals surface area contributed by atoms with E-state index in [0.717, 1.165) is 6.42 Å². The maximum absolute atomic E-state index is 11.4. The van der Waals surface area contributed by atoms with Gasteiger partial charge >= 0.3 is 0 Å². The van der Waals surface area contributed by atoms with Crippen molar-refractivity contribution in [3.05, 3.63) is 5.92 Å². The quantitative estimate of drug-likeness (QED) is 0.706. The molecular weight excluding hydrogens is 184 g/mol. The summed E-state index contributed by atoms with van der Waals surface area (Å²) >= 11 is 0. The SMILES string of the molecule is C[C](C)CC(C)(C)C(C)S(C)(=O)=O. The molecule has 0 aliphatic carbocycles. The third-order valence-corrected chi connectivity index (χ3v) is 4.47. The molecule has 0 aromatic carbocycles. The van der Waals surface area contributed by atoms with Gasteiger partial charge in [0.2, 0.25) is 0 Å². The summed E-state index contributed by atoms with van der Waals surface area (Å²) in [6.07, 6.45) is 2.17. The Morgan fingerprint density at radius 1 is 1.31 bits per heavy atom. The van der Waals surface area contributed by atoms with Crippen LogP contribution in [0, 0.1) is 11.3 Å². The Labute approximate surface area is 82.6 Å². The zero-order valence-electron chi connectivity index (χ0n) is 9.51. The summed E-state index contributed by atoms with van der Waals surface area (Å²) in [5.74, 6) is 1.28. The first-order valence-corrected chi connectivity index (χ1v) is 6.50. The third-order valence-electron chi connectivity index (χ3n) is 2.55. The molecule has 0 N–H and O–H groups in total. The van der Waals surface area contributed by atoms with Gasteiger partial charge in [0, 0.05) is 6.26 Å². The molecule has 0 fully saturated rings. The molecule has 1 unspecified atom stereocenters. The number of rotatable bonds is 4. The molecule has 0 spiro atoms. The topological polar surface area (TPSA) is 34.1 Å². The molecule has 0 heterocycles. The van der Waals surface area contributed by atoms with Crippen LogP contribution in [0.5, 0.6) is 0 Å². The van der Waals surface area contributed by atoms with Gasteiger partial charge in [0.15, 0.2) is 9.84 Å². The fourth-order valence-corrected chi connectivity index (χ4v) is 2.88. The van der Waals surface area contributed by atoms with Gasteiger partial charge in [-0.25, -0.2) is 8.42 Å². The predicted molar refractivity (Wildman–Crippen MR) is 57.3 cm³/mol. The smallest absolute Gasteiger partial charge is 0.150 e. The first kappa shape index (κ1) is 12.9. The van der Waals surface area contributed by atoms with Gasteiger partial charge in [0.1, 0.15) is 0 Å². The molecule has 0 aromatic heterocycles. The molecule has 3 heteroatoms. The summed E-state index contributed by atoms with van der Waals surface area (Å²) in [4.78, 5) is 0. The maximum atomic E-state index is 11.4. The maximum Gasteiger partial charge on any atom is 0.150 e. The Hall–Kier alpha value is -0.0500. The fourth-order valence-electron chi connectivity index (χ4n) is 1.63. The lowest BCUT2D eigenvalue weighted by Gasteiger charge is -2.31. The Kier molecular flexibility index (Phi) is 3.97. The van der Waals surface area contributed by atoms with Crippen LogP contribution in [-0.4, -0.2) is 19.9 Å². The summed E-state index contributed by atoms with van der Waals surface area (Å²) in [6, 6.07) is 0. The highest BCUT2D eigenvalue weighted by Gasteiger charge is 2.33. The van der Waals surface area contributed by atoms with Crippen molar-refractivity contribution >= 4 is 9.84 Å². The lowest BCUT2D eigenvalue weighted by molar-refractivity contribution is 0.332. The summed E-state index contributed by atoms with van der Waals surface area (Å²) < 4.78 is 22.7. The van der Waals surface area contributed by atoms with E-state index in [1.807, 2.05) is 27.7 Å². The van der Waals surface area contributed by atoms with Crippen LogP contribution in [0.2, 0.25) is 0 Å². The van der Waals surface area contributed by atoms with Gasteiger partial charge in [-0.05, 0) is 24.7 Å². The highest BCUT2D eigenvalue weighted by Crippen LogP contribution is 2.33. The van der Waals surface area contributed by atoms with E-state index in [1.165, 1.54) is 12.2 Å². The number of sulfone groups is 1. The largest absolute Gasteiger partial charge is 0.229 e. The normalized spacial score (nSPS) is 16.2. The minimum atomic E-state index is -2.92. The fraction of sp³-hybridized carbons (Fsp3) is 0.900. The van der Waals surface area contributed by atoms with E-state index >= 15 is 0 Å². The minimum Gasteiger partial charge on any atom is -0.229 e. The molecule has 0 bridgehead atoms. The Morgan fingerprint density at radius 2 is 1.69 bits per heavy atom. The van der Waals surface area contributed by atoms with Crippen molar-refractivity contribution in [2.75, 3.05) is 6.26 Å². The first-order chi connectivity index (χ1) is 5.57. The minimum absolute atomic E-state index is 0.160. The van der Waals surface area contributed by atoms with E-state index in [9.17, 15) is 8.42 Å². The van der Waals surface area contributed by atoms with Crippen LogP contribution < -0.4 is 0 Å². The van der Waals surface area contributed by atoms with Crippen molar-refractivity contribution in [3.8, 4) is 0 Å². The molecule has 0 aliphatic heterocycles. The van der Waals surface area contributed by atoms with Gasteiger partial charge in [-0.2, -0.15) is 0 Å². The van der Waals surface area contributed by atoms with Gasteiger partial charge in [-0.3, -0.25) is 0 Å². The number of hydrogen-bond donors (Lipinski definition) is 0. The average molecular weight is 205 g/mol. The summed E-state index contributed by atoms with van der Waals surface area (Å²) in [6.45, 7) is 9.88. The van der Waals surface area contributed by atoms with Crippen LogP contribution >= 0.6 is 0 Å². The van der Waals surface area contributed by atoms with E-state index in [-0.39, 0.29) is 10.7 Å². The van der Waals surface area contributed by atoms with E-state index < -0.39 is 9.84 Å². The molecule has 2 nitrogen and oxygen atoms in total. The Balaban J connectivity index is 4.64. The lowest BCUT2D eigenvalue weighted by atomic mass is 9.81. The van der Waals surface area contributed by atoms with Gasteiger partial charge < -0.3 is 0 Å². The Morgan fingerprint density at radius 3 is 1.92 bits per heavy atom. The van der Waals surface area contributed by atoms with Crippen molar-refractivity contribution in [1.29, 1.82) is 0 Å². The van der Waals surface area contributed by atoms with E-state index in [0.29, 0.717) is 0 Å². The van der Waals surface area contributed by atoms with Gasteiger partial charge in [-0.1, -0.05) is 27.7 Å². The van der Waals surface area contributed by atoms with Crippen LogP contribution in [0.25, 0.3) is 0 Å². The van der Waals surface area contributed by atoms with Crippen molar-refractivity contribution in [3.63, 3.8) is 0 Å². The molecular formula is C10H21O2S. The van der Waals surface area contributed by atoms with Crippen molar-refractivity contribution in [2.24, 2.45) is 5.41 Å². The van der Waals surface area contributed by atoms with E-state index in [4.69, 9.17) is 0 Å². The van der Waals surface area contributed by atoms with Crippen LogP contribution in [-0.2, 0) is 9.84 Å². The standard InChI is InChI=1S/C10H21O2S/c1-8(2)7-10(4,5)9(3)13(6,11)12/h9H,7H2,1-6H3. The molecule has 0 rings (SSSR count). The van der Waals surface area contributed by atoms with Gasteiger partial charge in [-0.15, -0.1) is 0 Å². The highest BCUT2D eigenvalue weighted by molar-refractivity contribution is 7.91. The zero-order chi connectivity index (χ0) is 10.9. The van der Waals surface area contributed by atoms with Crippen LogP contribution in [0.3, 0.4) is 0 Å². The predicted octanol–water partition coefficient (Wildman–Crippen LogP) is 2.45. The number of hydrogen-bond acceptors (Lipinski definition) is 2. The molecule has 0 amide bonds. The molecule has 79 valence electrons. The van der Waals surface area contributed by atoms with Crippen LogP contribution in [0.4, 0.5) is 0 Å². The second kappa shape index (κ2) is 3.99. The van der Waals surface area contributed by atoms with Crippen molar-refractivity contribution < 1.29 is 8.42 Å². The zero-order valence-corrected chi connectivity index (χ0v) is 10.3. The molecule has 1 atom stereocenters. The van der Waals surface area contributed by atoms with Crippen LogP contribution in [0.1, 0.15) is 41.0 Å². The molecule has 1 radical (unpaired) electrons. The highest BCUT2D eigenvalue weighted by atomic mass is 32.2. The lowest BCUT2D eigenvalue weighted by Crippen LogP contribution is -2.34. The molecule has 0 aliphatic rings. The second-order valence-electron chi connectivity index (χ2n) is 4.84. The monoisotopic (exact) mass is 205 g/mol. The summed E-state index contributed by atoms with van der Waals surface area (Å²) in [7, 11) is -2.92. The van der Waals surface area contributed by atoms with Crippen LogP contribution in [0.15, 0.2) is 0 Å². The first-order valence-electron chi connectivity index (χ1n) is 4.55. The second-order valence-corrected chi connectivity index (χ2v) is 7.21. The van der Waals surface area contributed by atoms with Gasteiger partial charge in [0.05, 0.1) is 5.25 Å². The molecule has 0 saturated heterocycles. The summed E-state index contributed by atoms with van der Waals surface area (Å²) in [5, 5.41) is -0.283. The summed E-state index contributed by atoms with van der Waals surface area (Å²) in [5.41, 5.74) is -0.160. The molecule has 0 saturated carbocycles. The molecule has 0 aromatic rings. The molecule has 13 heavy (non-hydrogen) atoms. The Bertz CT molecular complexity index is 250. The van der Waals surface area contributed by atoms with Crippen molar-refractivity contribution in [1.82, 2.24) is 0 Å². The van der Waals surface area contributed by atoms with Crippen molar-refractivity contribution in [2.45, 2.75) is 46.3 Å². The van der Waals surface area contributed by atoms with E-state index in [1.54, 1.807) is 6.92 Å². The van der Waals surface area contributed by atoms with E-state index in [2.05, 4.69) is 0 Å². The average Bonchev–Trinajstić information content (AvgIpc) is 1.80. The van der Waals surface area contributed by atoms with Gasteiger partial charge in [0.25, 0.3) is 0 Å². The third kappa shape index (κ3) is 4.12.